The Kier molecular flexibility index (Phi) is 2.28. The molecule has 3 rings (SSSR count). The molecule has 16 heavy (non-hydrogen) atoms. The summed E-state index contributed by atoms with van der Waals surface area (Å²) in [5, 5.41) is 0. The zero-order valence-corrected chi connectivity index (χ0v) is 9.65. The average molecular weight is 218 g/mol. The predicted octanol–water partition coefficient (Wildman–Crippen LogP) is 1.55. The van der Waals surface area contributed by atoms with Gasteiger partial charge in [0.1, 0.15) is 5.75 Å². The van der Waals surface area contributed by atoms with Gasteiger partial charge in [-0.1, -0.05) is 0 Å². The summed E-state index contributed by atoms with van der Waals surface area (Å²) in [6, 6.07) is 7.30. The highest BCUT2D eigenvalue weighted by atomic mass is 16.5. The largest absolute Gasteiger partial charge is 0.497 e. The smallest absolute Gasteiger partial charge is 0.119 e. The van der Waals surface area contributed by atoms with Crippen LogP contribution in [-0.2, 0) is 6.42 Å². The fourth-order valence-corrected chi connectivity index (χ4v) is 3.02. The average Bonchev–Trinajstić information content (AvgIpc) is 2.70. The standard InChI is InChI=1S/C13H18N2O/c1-16-10-3-5-12-9(8-10)2-4-13-11(14)6-7-15(12)13/h3,5,8,11,13H,2,4,6-7,14H2,1H3. The molecule has 0 saturated carbocycles. The van der Waals surface area contributed by atoms with E-state index >= 15 is 0 Å². The van der Waals surface area contributed by atoms with Gasteiger partial charge in [0.25, 0.3) is 0 Å². The SMILES string of the molecule is COc1ccc2c(c1)CCC1C(N)CCN21. The number of nitrogens with zero attached hydrogens (tertiary/aromatic N) is 1. The van der Waals surface area contributed by atoms with E-state index in [1.165, 1.54) is 17.7 Å². The Balaban J connectivity index is 1.98. The maximum Gasteiger partial charge on any atom is 0.119 e. The van der Waals surface area contributed by atoms with Crippen molar-refractivity contribution < 1.29 is 4.74 Å². The van der Waals surface area contributed by atoms with Gasteiger partial charge in [-0.25, -0.2) is 0 Å². The molecule has 1 aromatic rings. The lowest BCUT2D eigenvalue weighted by Crippen LogP contribution is -2.42. The van der Waals surface area contributed by atoms with Gasteiger partial charge in [0.2, 0.25) is 0 Å². The Morgan fingerprint density at radius 3 is 3.06 bits per heavy atom. The van der Waals surface area contributed by atoms with Crippen molar-refractivity contribution in [3.05, 3.63) is 23.8 Å². The number of hydrogen-bond acceptors (Lipinski definition) is 3. The van der Waals surface area contributed by atoms with Crippen molar-refractivity contribution in [3.8, 4) is 5.75 Å². The van der Waals surface area contributed by atoms with Crippen molar-refractivity contribution in [3.63, 3.8) is 0 Å². The van der Waals surface area contributed by atoms with Gasteiger partial charge in [0.05, 0.1) is 7.11 Å². The van der Waals surface area contributed by atoms with Crippen LogP contribution in [0.3, 0.4) is 0 Å². The molecule has 2 N–H and O–H groups in total. The van der Waals surface area contributed by atoms with E-state index in [4.69, 9.17) is 10.5 Å². The number of rotatable bonds is 1. The third-order valence-electron chi connectivity index (χ3n) is 3.90. The van der Waals surface area contributed by atoms with Crippen LogP contribution in [0.1, 0.15) is 18.4 Å². The molecule has 0 aromatic heterocycles. The zero-order chi connectivity index (χ0) is 11.1. The second-order valence-electron chi connectivity index (χ2n) is 4.75. The minimum Gasteiger partial charge on any atom is -0.497 e. The van der Waals surface area contributed by atoms with Crippen molar-refractivity contribution in [1.29, 1.82) is 0 Å². The molecule has 1 fully saturated rings. The van der Waals surface area contributed by atoms with Crippen LogP contribution in [0.2, 0.25) is 0 Å². The Morgan fingerprint density at radius 2 is 2.25 bits per heavy atom. The van der Waals surface area contributed by atoms with Crippen molar-refractivity contribution >= 4 is 5.69 Å². The summed E-state index contributed by atoms with van der Waals surface area (Å²) in [6.07, 6.45) is 3.43. The summed E-state index contributed by atoms with van der Waals surface area (Å²) >= 11 is 0. The number of anilines is 1. The second-order valence-corrected chi connectivity index (χ2v) is 4.75. The molecule has 0 spiro atoms. The number of ether oxygens (including phenoxy) is 1. The van der Waals surface area contributed by atoms with E-state index < -0.39 is 0 Å². The van der Waals surface area contributed by atoms with Crippen LogP contribution in [0.15, 0.2) is 18.2 Å². The van der Waals surface area contributed by atoms with Crippen LogP contribution >= 0.6 is 0 Å². The molecule has 0 radical (unpaired) electrons. The molecule has 0 bridgehead atoms. The van der Waals surface area contributed by atoms with E-state index in [2.05, 4.69) is 17.0 Å². The van der Waals surface area contributed by atoms with Gasteiger partial charge in [-0.15, -0.1) is 0 Å². The van der Waals surface area contributed by atoms with E-state index in [1.54, 1.807) is 7.11 Å². The van der Waals surface area contributed by atoms with E-state index in [1.807, 2.05) is 6.07 Å². The molecule has 0 amide bonds. The number of nitrogens with two attached hydrogens (primary N) is 1. The highest BCUT2D eigenvalue weighted by Gasteiger charge is 2.35. The fraction of sp³-hybridized carbons (Fsp3) is 0.538. The Hall–Kier alpha value is -1.22. The molecule has 2 unspecified atom stereocenters. The van der Waals surface area contributed by atoms with Crippen molar-refractivity contribution in [2.45, 2.75) is 31.3 Å². The Bertz CT molecular complexity index is 405. The lowest BCUT2D eigenvalue weighted by atomic mass is 9.94. The van der Waals surface area contributed by atoms with Gasteiger partial charge in [-0.2, -0.15) is 0 Å². The van der Waals surface area contributed by atoms with Crippen molar-refractivity contribution in [2.75, 3.05) is 18.6 Å². The molecule has 1 aromatic carbocycles. The molecular weight excluding hydrogens is 200 g/mol. The molecule has 0 aliphatic carbocycles. The van der Waals surface area contributed by atoms with Crippen LogP contribution in [0, 0.1) is 0 Å². The van der Waals surface area contributed by atoms with Crippen LogP contribution < -0.4 is 15.4 Å². The van der Waals surface area contributed by atoms with Gasteiger partial charge in [-0.3, -0.25) is 0 Å². The zero-order valence-electron chi connectivity index (χ0n) is 9.65. The summed E-state index contributed by atoms with van der Waals surface area (Å²) in [6.45, 7) is 1.10. The normalized spacial score (nSPS) is 27.5. The Morgan fingerprint density at radius 1 is 1.38 bits per heavy atom. The summed E-state index contributed by atoms with van der Waals surface area (Å²) in [5.74, 6) is 0.959. The van der Waals surface area contributed by atoms with E-state index in [0.29, 0.717) is 12.1 Å². The summed E-state index contributed by atoms with van der Waals surface area (Å²) < 4.78 is 5.27. The number of fused-ring (bicyclic) bond motifs is 3. The molecule has 2 atom stereocenters. The summed E-state index contributed by atoms with van der Waals surface area (Å²) in [5.41, 5.74) is 8.91. The van der Waals surface area contributed by atoms with Gasteiger partial charge in [0.15, 0.2) is 0 Å². The first kappa shape index (κ1) is 9.97. The third kappa shape index (κ3) is 1.39. The van der Waals surface area contributed by atoms with Crippen LogP contribution in [0.25, 0.3) is 0 Å². The summed E-state index contributed by atoms with van der Waals surface area (Å²) in [4.78, 5) is 2.48. The first-order chi connectivity index (χ1) is 7.79. The van der Waals surface area contributed by atoms with Gasteiger partial charge >= 0.3 is 0 Å². The molecule has 2 aliphatic heterocycles. The quantitative estimate of drug-likeness (QED) is 0.777. The number of benzene rings is 1. The highest BCUT2D eigenvalue weighted by molar-refractivity contribution is 5.60. The number of aryl methyl sites for hydroxylation is 1. The predicted molar refractivity (Wildman–Crippen MR) is 65.0 cm³/mol. The van der Waals surface area contributed by atoms with Gasteiger partial charge < -0.3 is 15.4 Å². The van der Waals surface area contributed by atoms with E-state index in [-0.39, 0.29) is 0 Å². The maximum atomic E-state index is 6.14. The first-order valence-corrected chi connectivity index (χ1v) is 5.99. The molecule has 2 aliphatic rings. The van der Waals surface area contributed by atoms with Crippen LogP contribution in [-0.4, -0.2) is 25.7 Å². The number of hydrogen-bond donors (Lipinski definition) is 1. The van der Waals surface area contributed by atoms with Crippen LogP contribution in [0.5, 0.6) is 5.75 Å². The van der Waals surface area contributed by atoms with Crippen molar-refractivity contribution in [1.82, 2.24) is 0 Å². The summed E-state index contributed by atoms with van der Waals surface area (Å²) in [7, 11) is 1.72. The fourth-order valence-electron chi connectivity index (χ4n) is 3.02. The third-order valence-corrected chi connectivity index (χ3v) is 3.90. The molecule has 3 nitrogen and oxygen atoms in total. The van der Waals surface area contributed by atoms with Crippen LogP contribution in [0.4, 0.5) is 5.69 Å². The van der Waals surface area contributed by atoms with Gasteiger partial charge in [0, 0.05) is 24.3 Å². The lowest BCUT2D eigenvalue weighted by molar-refractivity contribution is 0.413. The van der Waals surface area contributed by atoms with E-state index in [9.17, 15) is 0 Å². The Labute approximate surface area is 96.2 Å². The minimum absolute atomic E-state index is 0.357. The van der Waals surface area contributed by atoms with E-state index in [0.717, 1.165) is 25.1 Å². The minimum atomic E-state index is 0.357. The molecule has 3 heteroatoms. The maximum absolute atomic E-state index is 6.14. The molecule has 2 heterocycles. The monoisotopic (exact) mass is 218 g/mol. The molecule has 86 valence electrons. The highest BCUT2D eigenvalue weighted by Crippen LogP contribution is 2.37. The number of methoxy groups -OCH3 is 1. The second kappa shape index (κ2) is 3.67. The van der Waals surface area contributed by atoms with Gasteiger partial charge in [-0.05, 0) is 43.0 Å². The molecule has 1 saturated heterocycles. The molecular formula is C13H18N2O. The lowest BCUT2D eigenvalue weighted by Gasteiger charge is -2.35. The first-order valence-electron chi connectivity index (χ1n) is 5.99. The topological polar surface area (TPSA) is 38.5 Å². The van der Waals surface area contributed by atoms with Crippen molar-refractivity contribution in [2.24, 2.45) is 5.73 Å².